The molecule has 1 heterocycles. The molecule has 0 spiro atoms. The van der Waals surface area contributed by atoms with Gasteiger partial charge < -0.3 is 9.47 Å². The Morgan fingerprint density at radius 2 is 2.38 bits per heavy atom. The van der Waals surface area contributed by atoms with Crippen molar-refractivity contribution >= 4 is 0 Å². The van der Waals surface area contributed by atoms with Gasteiger partial charge >= 0.3 is 0 Å². The minimum absolute atomic E-state index is 0.546. The van der Waals surface area contributed by atoms with Crippen molar-refractivity contribution in [2.75, 3.05) is 13.7 Å². The minimum Gasteiger partial charge on any atom is -0.493 e. The molecule has 2 heteroatoms. The Morgan fingerprint density at radius 1 is 1.54 bits per heavy atom. The number of benzene rings is 1. The molecule has 0 aromatic heterocycles. The average Bonchev–Trinajstić information content (AvgIpc) is 2.60. The molecule has 0 fully saturated rings. The summed E-state index contributed by atoms with van der Waals surface area (Å²) in [6.45, 7) is 2.98. The monoisotopic (exact) mass is 178 g/mol. The van der Waals surface area contributed by atoms with Crippen molar-refractivity contribution in [1.29, 1.82) is 0 Å². The lowest BCUT2D eigenvalue weighted by atomic mass is 9.99. The predicted molar refractivity (Wildman–Crippen MR) is 51.5 cm³/mol. The van der Waals surface area contributed by atoms with Crippen LogP contribution in [0, 0.1) is 0 Å². The Bertz CT molecular complexity index is 307. The average molecular weight is 178 g/mol. The van der Waals surface area contributed by atoms with E-state index in [4.69, 9.17) is 9.47 Å². The number of ether oxygens (including phenoxy) is 2. The normalized spacial score (nSPS) is 19.4. The highest BCUT2D eigenvalue weighted by Gasteiger charge is 2.25. The van der Waals surface area contributed by atoms with Crippen molar-refractivity contribution in [3.05, 3.63) is 23.8 Å². The van der Waals surface area contributed by atoms with Crippen LogP contribution in [-0.4, -0.2) is 13.7 Å². The molecule has 0 radical (unpaired) electrons. The highest BCUT2D eigenvalue weighted by molar-refractivity contribution is 5.50. The fraction of sp³-hybridized carbons (Fsp3) is 0.455. The van der Waals surface area contributed by atoms with Crippen LogP contribution in [0.3, 0.4) is 0 Å². The SMILES string of the molecule is CCC1COc2c(OC)cccc21. The number of hydrogen-bond donors (Lipinski definition) is 0. The van der Waals surface area contributed by atoms with Gasteiger partial charge in [0.15, 0.2) is 11.5 Å². The number of methoxy groups -OCH3 is 1. The van der Waals surface area contributed by atoms with Crippen LogP contribution in [0.4, 0.5) is 0 Å². The molecule has 0 saturated carbocycles. The molecule has 1 aromatic carbocycles. The molecule has 70 valence electrons. The third-order valence-corrected chi connectivity index (χ3v) is 2.59. The molecule has 1 aliphatic heterocycles. The van der Waals surface area contributed by atoms with E-state index in [1.165, 1.54) is 5.56 Å². The summed E-state index contributed by atoms with van der Waals surface area (Å²) in [7, 11) is 1.68. The molecule has 0 aliphatic carbocycles. The largest absolute Gasteiger partial charge is 0.493 e. The minimum atomic E-state index is 0.546. The van der Waals surface area contributed by atoms with Crippen LogP contribution in [0.2, 0.25) is 0 Å². The summed E-state index contributed by atoms with van der Waals surface area (Å²) in [5, 5.41) is 0. The Hall–Kier alpha value is -1.18. The number of para-hydroxylation sites is 1. The van der Waals surface area contributed by atoms with Gasteiger partial charge in [-0.2, -0.15) is 0 Å². The molecule has 2 nitrogen and oxygen atoms in total. The van der Waals surface area contributed by atoms with Gasteiger partial charge in [-0.1, -0.05) is 19.1 Å². The van der Waals surface area contributed by atoms with E-state index in [1.807, 2.05) is 12.1 Å². The van der Waals surface area contributed by atoms with Gasteiger partial charge in [-0.15, -0.1) is 0 Å². The summed E-state index contributed by atoms with van der Waals surface area (Å²) in [5.41, 5.74) is 1.29. The molecule has 1 atom stereocenters. The van der Waals surface area contributed by atoms with E-state index in [-0.39, 0.29) is 0 Å². The summed E-state index contributed by atoms with van der Waals surface area (Å²) in [6, 6.07) is 6.09. The van der Waals surface area contributed by atoms with Crippen LogP contribution in [0.5, 0.6) is 11.5 Å². The highest BCUT2D eigenvalue weighted by atomic mass is 16.5. The molecule has 0 N–H and O–H groups in total. The molecular weight excluding hydrogens is 164 g/mol. The van der Waals surface area contributed by atoms with Gasteiger partial charge in [0.25, 0.3) is 0 Å². The first-order valence-electron chi connectivity index (χ1n) is 4.66. The lowest BCUT2D eigenvalue weighted by Crippen LogP contribution is -1.97. The third-order valence-electron chi connectivity index (χ3n) is 2.59. The summed E-state index contributed by atoms with van der Waals surface area (Å²) >= 11 is 0. The quantitative estimate of drug-likeness (QED) is 0.693. The molecular formula is C11H14O2. The van der Waals surface area contributed by atoms with Crippen molar-refractivity contribution < 1.29 is 9.47 Å². The first-order valence-corrected chi connectivity index (χ1v) is 4.66. The van der Waals surface area contributed by atoms with Crippen LogP contribution in [0.15, 0.2) is 18.2 Å². The van der Waals surface area contributed by atoms with Crippen molar-refractivity contribution in [3.63, 3.8) is 0 Å². The molecule has 2 rings (SSSR count). The smallest absolute Gasteiger partial charge is 0.164 e. The Morgan fingerprint density at radius 3 is 3.08 bits per heavy atom. The van der Waals surface area contributed by atoms with Gasteiger partial charge in [-0.25, -0.2) is 0 Å². The van der Waals surface area contributed by atoms with Gasteiger partial charge in [0.1, 0.15) is 0 Å². The highest BCUT2D eigenvalue weighted by Crippen LogP contribution is 2.41. The zero-order valence-corrected chi connectivity index (χ0v) is 8.04. The van der Waals surface area contributed by atoms with E-state index in [0.717, 1.165) is 24.5 Å². The topological polar surface area (TPSA) is 18.5 Å². The molecule has 1 unspecified atom stereocenters. The second-order valence-corrected chi connectivity index (χ2v) is 3.29. The maximum absolute atomic E-state index is 5.60. The number of hydrogen-bond acceptors (Lipinski definition) is 2. The molecule has 0 bridgehead atoms. The predicted octanol–water partition coefficient (Wildman–Crippen LogP) is 2.58. The van der Waals surface area contributed by atoms with E-state index >= 15 is 0 Å². The third kappa shape index (κ3) is 1.26. The summed E-state index contributed by atoms with van der Waals surface area (Å²) < 4.78 is 10.8. The van der Waals surface area contributed by atoms with Gasteiger partial charge in [0.2, 0.25) is 0 Å². The fourth-order valence-corrected chi connectivity index (χ4v) is 1.78. The zero-order valence-electron chi connectivity index (χ0n) is 8.04. The zero-order chi connectivity index (χ0) is 9.26. The maximum Gasteiger partial charge on any atom is 0.164 e. The lowest BCUT2D eigenvalue weighted by Gasteiger charge is -2.06. The van der Waals surface area contributed by atoms with Crippen molar-refractivity contribution in [2.24, 2.45) is 0 Å². The van der Waals surface area contributed by atoms with Crippen LogP contribution in [0.1, 0.15) is 24.8 Å². The van der Waals surface area contributed by atoms with Gasteiger partial charge in [0.05, 0.1) is 13.7 Å². The molecule has 1 aromatic rings. The fourth-order valence-electron chi connectivity index (χ4n) is 1.78. The Labute approximate surface area is 78.5 Å². The van der Waals surface area contributed by atoms with Gasteiger partial charge in [0, 0.05) is 11.5 Å². The lowest BCUT2D eigenvalue weighted by molar-refractivity contribution is 0.307. The Balaban J connectivity index is 2.43. The van der Waals surface area contributed by atoms with E-state index in [0.29, 0.717) is 5.92 Å². The van der Waals surface area contributed by atoms with Crippen molar-refractivity contribution in [1.82, 2.24) is 0 Å². The number of rotatable bonds is 2. The summed E-state index contributed by atoms with van der Waals surface area (Å²) in [4.78, 5) is 0. The summed E-state index contributed by atoms with van der Waals surface area (Å²) in [5.74, 6) is 2.34. The van der Waals surface area contributed by atoms with Crippen LogP contribution < -0.4 is 9.47 Å². The molecule has 0 amide bonds. The van der Waals surface area contributed by atoms with E-state index in [2.05, 4.69) is 13.0 Å². The van der Waals surface area contributed by atoms with Gasteiger partial charge in [-0.05, 0) is 12.5 Å². The molecule has 13 heavy (non-hydrogen) atoms. The van der Waals surface area contributed by atoms with Gasteiger partial charge in [-0.3, -0.25) is 0 Å². The second kappa shape index (κ2) is 3.29. The first kappa shape index (κ1) is 8.42. The van der Waals surface area contributed by atoms with E-state index in [1.54, 1.807) is 7.11 Å². The maximum atomic E-state index is 5.60. The second-order valence-electron chi connectivity index (χ2n) is 3.29. The standard InChI is InChI=1S/C11H14O2/c1-3-8-7-13-11-9(8)5-4-6-10(11)12-2/h4-6,8H,3,7H2,1-2H3. The van der Waals surface area contributed by atoms with Crippen LogP contribution in [-0.2, 0) is 0 Å². The molecule has 1 aliphatic rings. The number of fused-ring (bicyclic) bond motifs is 1. The van der Waals surface area contributed by atoms with Crippen molar-refractivity contribution in [3.8, 4) is 11.5 Å². The summed E-state index contributed by atoms with van der Waals surface area (Å²) in [6.07, 6.45) is 1.13. The van der Waals surface area contributed by atoms with Crippen molar-refractivity contribution in [2.45, 2.75) is 19.3 Å². The first-order chi connectivity index (χ1) is 6.36. The van der Waals surface area contributed by atoms with E-state index in [9.17, 15) is 0 Å². The van der Waals surface area contributed by atoms with E-state index < -0.39 is 0 Å². The molecule has 0 saturated heterocycles. The van der Waals surface area contributed by atoms with Crippen LogP contribution in [0.25, 0.3) is 0 Å². The van der Waals surface area contributed by atoms with Crippen LogP contribution >= 0.6 is 0 Å². The Kier molecular flexibility index (Phi) is 2.13.